The second-order valence-corrected chi connectivity index (χ2v) is 11.0. The molecule has 0 radical (unpaired) electrons. The van der Waals surface area contributed by atoms with Crippen LogP contribution >= 0.6 is 0 Å². The number of nitrogens with zero attached hydrogens (tertiary/aromatic N) is 2. The van der Waals surface area contributed by atoms with Crippen LogP contribution in [0.3, 0.4) is 0 Å². The van der Waals surface area contributed by atoms with Crippen LogP contribution in [-0.2, 0) is 26.2 Å². The highest BCUT2D eigenvalue weighted by atomic mass is 32.2. The summed E-state index contributed by atoms with van der Waals surface area (Å²) in [6, 6.07) is 13.6. The van der Waals surface area contributed by atoms with E-state index in [1.807, 2.05) is 18.2 Å². The molecular formula is C26H35N3O5S. The van der Waals surface area contributed by atoms with Crippen LogP contribution in [0.15, 0.2) is 48.5 Å². The molecule has 1 aliphatic rings. The van der Waals surface area contributed by atoms with E-state index in [1.165, 1.54) is 4.90 Å². The summed E-state index contributed by atoms with van der Waals surface area (Å²) in [7, 11) is -2.17. The van der Waals surface area contributed by atoms with Crippen LogP contribution in [0.25, 0.3) is 0 Å². The fraction of sp³-hybridized carbons (Fsp3) is 0.462. The molecule has 2 aromatic rings. The van der Waals surface area contributed by atoms with Crippen molar-refractivity contribution in [3.63, 3.8) is 0 Å². The minimum absolute atomic E-state index is 0.113. The Balaban J connectivity index is 1.88. The Morgan fingerprint density at radius 3 is 2.29 bits per heavy atom. The zero-order valence-corrected chi connectivity index (χ0v) is 21.7. The highest BCUT2D eigenvalue weighted by molar-refractivity contribution is 7.92. The number of anilines is 1. The van der Waals surface area contributed by atoms with Gasteiger partial charge < -0.3 is 15.0 Å². The monoisotopic (exact) mass is 501 g/mol. The predicted octanol–water partition coefficient (Wildman–Crippen LogP) is 3.25. The fourth-order valence-electron chi connectivity index (χ4n) is 4.34. The molecule has 3 rings (SSSR count). The van der Waals surface area contributed by atoms with Crippen molar-refractivity contribution in [3.05, 3.63) is 59.7 Å². The van der Waals surface area contributed by atoms with Crippen LogP contribution in [0.5, 0.6) is 5.75 Å². The normalized spacial score (nSPS) is 14.9. The van der Waals surface area contributed by atoms with Crippen molar-refractivity contribution in [1.82, 2.24) is 10.2 Å². The van der Waals surface area contributed by atoms with Crippen molar-refractivity contribution in [2.45, 2.75) is 58.2 Å². The molecular weight excluding hydrogens is 466 g/mol. The van der Waals surface area contributed by atoms with Crippen LogP contribution in [0.1, 0.15) is 43.7 Å². The van der Waals surface area contributed by atoms with E-state index in [9.17, 15) is 18.0 Å². The first kappa shape index (κ1) is 26.5. The van der Waals surface area contributed by atoms with Crippen molar-refractivity contribution < 1.29 is 22.7 Å². The average Bonchev–Trinajstić information content (AvgIpc) is 3.33. The Labute approximate surface area is 208 Å². The first-order valence-electron chi connectivity index (χ1n) is 11.9. The average molecular weight is 502 g/mol. The lowest BCUT2D eigenvalue weighted by Crippen LogP contribution is -2.52. The largest absolute Gasteiger partial charge is 0.497 e. The fourth-order valence-corrected chi connectivity index (χ4v) is 5.25. The summed E-state index contributed by atoms with van der Waals surface area (Å²) >= 11 is 0. The summed E-state index contributed by atoms with van der Waals surface area (Å²) in [6.07, 6.45) is 5.10. The maximum absolute atomic E-state index is 13.6. The van der Waals surface area contributed by atoms with Gasteiger partial charge in [-0.25, -0.2) is 8.42 Å². The third-order valence-electron chi connectivity index (χ3n) is 6.44. The number of carbonyl (C=O) groups is 2. The number of rotatable bonds is 10. The summed E-state index contributed by atoms with van der Waals surface area (Å²) in [4.78, 5) is 28.1. The highest BCUT2D eigenvalue weighted by Gasteiger charge is 2.31. The summed E-state index contributed by atoms with van der Waals surface area (Å²) in [5.74, 6) is -0.00872. The first-order chi connectivity index (χ1) is 16.6. The van der Waals surface area contributed by atoms with Gasteiger partial charge in [-0.2, -0.15) is 0 Å². The molecule has 35 heavy (non-hydrogen) atoms. The van der Waals surface area contributed by atoms with Gasteiger partial charge in [0.2, 0.25) is 21.8 Å². The van der Waals surface area contributed by atoms with Gasteiger partial charge >= 0.3 is 0 Å². The Morgan fingerprint density at radius 2 is 1.71 bits per heavy atom. The van der Waals surface area contributed by atoms with Crippen LogP contribution in [-0.4, -0.2) is 57.1 Å². The number of amides is 2. The minimum Gasteiger partial charge on any atom is -0.497 e. The van der Waals surface area contributed by atoms with Gasteiger partial charge in [-0.05, 0) is 56.0 Å². The van der Waals surface area contributed by atoms with Crippen molar-refractivity contribution >= 4 is 27.5 Å². The maximum atomic E-state index is 13.6. The molecule has 1 fully saturated rings. The Kier molecular flexibility index (Phi) is 8.77. The number of methoxy groups -OCH3 is 1. The van der Waals surface area contributed by atoms with E-state index >= 15 is 0 Å². The zero-order valence-electron chi connectivity index (χ0n) is 20.9. The number of hydrogen-bond donors (Lipinski definition) is 1. The summed E-state index contributed by atoms with van der Waals surface area (Å²) in [5, 5.41) is 3.06. The molecule has 0 bridgehead atoms. The van der Waals surface area contributed by atoms with E-state index in [2.05, 4.69) is 5.32 Å². The number of aryl methyl sites for hydroxylation is 1. The van der Waals surface area contributed by atoms with Gasteiger partial charge in [-0.3, -0.25) is 13.9 Å². The molecule has 1 atom stereocenters. The zero-order chi connectivity index (χ0) is 25.6. The van der Waals surface area contributed by atoms with Gasteiger partial charge in [0, 0.05) is 12.6 Å². The molecule has 9 heteroatoms. The van der Waals surface area contributed by atoms with E-state index in [0.29, 0.717) is 11.4 Å². The van der Waals surface area contributed by atoms with Crippen molar-refractivity contribution in [2.75, 3.05) is 24.2 Å². The van der Waals surface area contributed by atoms with Gasteiger partial charge in [-0.15, -0.1) is 0 Å². The lowest BCUT2D eigenvalue weighted by atomic mass is 10.1. The third kappa shape index (κ3) is 6.97. The van der Waals surface area contributed by atoms with E-state index in [-0.39, 0.29) is 18.5 Å². The minimum atomic E-state index is -3.75. The van der Waals surface area contributed by atoms with E-state index in [4.69, 9.17) is 4.74 Å². The number of benzene rings is 2. The van der Waals surface area contributed by atoms with Gasteiger partial charge in [0.1, 0.15) is 18.3 Å². The van der Waals surface area contributed by atoms with Gasteiger partial charge in [0.25, 0.3) is 0 Å². The lowest BCUT2D eigenvalue weighted by Gasteiger charge is -2.32. The number of sulfonamides is 1. The van der Waals surface area contributed by atoms with Gasteiger partial charge in [0.05, 0.1) is 19.1 Å². The molecule has 1 saturated carbocycles. The van der Waals surface area contributed by atoms with E-state index in [0.717, 1.165) is 47.4 Å². The number of para-hydroxylation sites is 1. The van der Waals surface area contributed by atoms with Crippen LogP contribution in [0, 0.1) is 6.92 Å². The molecule has 190 valence electrons. The van der Waals surface area contributed by atoms with Gasteiger partial charge in [-0.1, -0.05) is 43.2 Å². The lowest BCUT2D eigenvalue weighted by molar-refractivity contribution is -0.139. The molecule has 2 amide bonds. The maximum Gasteiger partial charge on any atom is 0.244 e. The molecule has 0 aromatic heterocycles. The second kappa shape index (κ2) is 11.6. The number of nitrogens with one attached hydrogen (secondary N) is 1. The summed E-state index contributed by atoms with van der Waals surface area (Å²) in [6.45, 7) is 3.24. The van der Waals surface area contributed by atoms with E-state index in [1.54, 1.807) is 51.3 Å². The number of hydrogen-bond acceptors (Lipinski definition) is 5. The number of ether oxygens (including phenoxy) is 1. The SMILES string of the molecule is COc1ccc(CN(C(=O)CN(c2ccccc2C)S(C)(=O)=O)[C@@H](C)C(=O)NC2CCCC2)cc1. The molecule has 0 unspecified atom stereocenters. The molecule has 1 aliphatic carbocycles. The van der Waals surface area contributed by atoms with E-state index < -0.39 is 28.5 Å². The topological polar surface area (TPSA) is 96.0 Å². The molecule has 8 nitrogen and oxygen atoms in total. The molecule has 0 aliphatic heterocycles. The molecule has 0 spiro atoms. The molecule has 2 aromatic carbocycles. The molecule has 0 saturated heterocycles. The van der Waals surface area contributed by atoms with Gasteiger partial charge in [0.15, 0.2) is 0 Å². The van der Waals surface area contributed by atoms with Crippen LogP contribution in [0.2, 0.25) is 0 Å². The van der Waals surface area contributed by atoms with Crippen molar-refractivity contribution in [1.29, 1.82) is 0 Å². The Morgan fingerprint density at radius 1 is 1.09 bits per heavy atom. The molecule has 1 N–H and O–H groups in total. The summed E-state index contributed by atoms with van der Waals surface area (Å²) < 4.78 is 31.7. The Hall–Kier alpha value is -3.07. The standard InChI is InChI=1S/C26H35N3O5S/c1-19-9-5-8-12-24(19)29(35(4,32)33)18-25(30)28(17-21-13-15-23(34-3)16-14-21)20(2)26(31)27-22-10-6-7-11-22/h5,8-9,12-16,20,22H,6-7,10-11,17-18H2,1-4H3,(H,27,31)/t20-/m0/s1. The first-order valence-corrected chi connectivity index (χ1v) is 13.7. The predicted molar refractivity (Wildman–Crippen MR) is 137 cm³/mol. The third-order valence-corrected chi connectivity index (χ3v) is 7.57. The second-order valence-electron chi connectivity index (χ2n) is 9.09. The van der Waals surface area contributed by atoms with Crippen molar-refractivity contribution in [2.24, 2.45) is 0 Å². The quantitative estimate of drug-likeness (QED) is 0.539. The summed E-state index contributed by atoms with van der Waals surface area (Å²) in [5.41, 5.74) is 1.98. The van der Waals surface area contributed by atoms with Crippen LogP contribution < -0.4 is 14.4 Å². The van der Waals surface area contributed by atoms with Crippen molar-refractivity contribution in [3.8, 4) is 5.75 Å². The smallest absolute Gasteiger partial charge is 0.244 e. The van der Waals surface area contributed by atoms with Crippen LogP contribution in [0.4, 0.5) is 5.69 Å². The highest BCUT2D eigenvalue weighted by Crippen LogP contribution is 2.23. The number of carbonyl (C=O) groups excluding carboxylic acids is 2. The Bertz CT molecular complexity index is 1130. The molecule has 0 heterocycles.